The van der Waals surface area contributed by atoms with E-state index in [4.69, 9.17) is 11.6 Å². The lowest BCUT2D eigenvalue weighted by molar-refractivity contribution is -0.120. The van der Waals surface area contributed by atoms with Gasteiger partial charge in [0.1, 0.15) is 10.7 Å². The number of hydrogen-bond acceptors (Lipinski definition) is 3. The van der Waals surface area contributed by atoms with Crippen molar-refractivity contribution in [1.82, 2.24) is 4.31 Å². The Morgan fingerprint density at radius 2 is 1.69 bits per heavy atom. The average molecular weight is 397 g/mol. The van der Waals surface area contributed by atoms with E-state index in [1.165, 1.54) is 40.7 Å². The van der Waals surface area contributed by atoms with Crippen molar-refractivity contribution in [1.29, 1.82) is 0 Å². The van der Waals surface area contributed by atoms with Crippen molar-refractivity contribution in [3.8, 4) is 0 Å². The Labute approximate surface area is 156 Å². The zero-order chi connectivity index (χ0) is 18.7. The van der Waals surface area contributed by atoms with Crippen LogP contribution in [-0.4, -0.2) is 31.7 Å². The molecule has 1 aliphatic heterocycles. The van der Waals surface area contributed by atoms with Crippen molar-refractivity contribution in [2.24, 2.45) is 5.92 Å². The summed E-state index contributed by atoms with van der Waals surface area (Å²) in [5.74, 6) is -0.856. The number of halogens is 2. The first kappa shape index (κ1) is 18.8. The van der Waals surface area contributed by atoms with Gasteiger partial charge in [0.2, 0.25) is 15.9 Å². The zero-order valence-electron chi connectivity index (χ0n) is 13.9. The fourth-order valence-electron chi connectivity index (χ4n) is 2.93. The molecule has 1 fully saturated rings. The molecule has 26 heavy (non-hydrogen) atoms. The number of anilines is 1. The van der Waals surface area contributed by atoms with Gasteiger partial charge in [-0.25, -0.2) is 12.8 Å². The van der Waals surface area contributed by atoms with E-state index in [1.54, 1.807) is 12.1 Å². The number of carbonyl (C=O) groups is 1. The molecule has 0 aromatic heterocycles. The maximum Gasteiger partial charge on any atom is 0.244 e. The number of amides is 1. The standard InChI is InChI=1S/C18H18ClFN2O3S/c19-16-3-1-2-4-17(16)26(24,25)22-11-9-13(10-12-22)18(23)21-15-7-5-14(20)6-8-15/h1-8,13H,9-12H2,(H,21,23). The molecule has 0 saturated carbocycles. The molecule has 0 unspecified atom stereocenters. The van der Waals surface area contributed by atoms with Crippen LogP contribution in [0.1, 0.15) is 12.8 Å². The fraction of sp³-hybridized carbons (Fsp3) is 0.278. The van der Waals surface area contributed by atoms with Crippen molar-refractivity contribution in [2.75, 3.05) is 18.4 Å². The molecule has 0 radical (unpaired) electrons. The molecule has 1 saturated heterocycles. The lowest BCUT2D eigenvalue weighted by Gasteiger charge is -2.30. The Hall–Kier alpha value is -1.96. The van der Waals surface area contributed by atoms with Gasteiger partial charge >= 0.3 is 0 Å². The molecular formula is C18H18ClFN2O3S. The van der Waals surface area contributed by atoms with Crippen LogP contribution < -0.4 is 5.32 Å². The second kappa shape index (κ2) is 7.73. The molecule has 1 aliphatic rings. The molecule has 5 nitrogen and oxygen atoms in total. The summed E-state index contributed by atoms with van der Waals surface area (Å²) in [6.45, 7) is 0.490. The smallest absolute Gasteiger partial charge is 0.244 e. The number of sulfonamides is 1. The number of nitrogens with zero attached hydrogens (tertiary/aromatic N) is 1. The quantitative estimate of drug-likeness (QED) is 0.859. The second-order valence-electron chi connectivity index (χ2n) is 6.10. The van der Waals surface area contributed by atoms with Crippen LogP contribution in [0.5, 0.6) is 0 Å². The van der Waals surface area contributed by atoms with Gasteiger partial charge in [0.25, 0.3) is 0 Å². The van der Waals surface area contributed by atoms with Crippen molar-refractivity contribution in [3.63, 3.8) is 0 Å². The van der Waals surface area contributed by atoms with Gasteiger partial charge in [-0.2, -0.15) is 4.31 Å². The van der Waals surface area contributed by atoms with Crippen LogP contribution in [0.3, 0.4) is 0 Å². The molecule has 0 aliphatic carbocycles. The van der Waals surface area contributed by atoms with Gasteiger partial charge in [-0.3, -0.25) is 4.79 Å². The molecule has 2 aromatic rings. The predicted octanol–water partition coefficient (Wildman–Crippen LogP) is 3.52. The van der Waals surface area contributed by atoms with Gasteiger partial charge in [0.05, 0.1) is 5.02 Å². The number of rotatable bonds is 4. The summed E-state index contributed by atoms with van der Waals surface area (Å²) in [4.78, 5) is 12.4. The monoisotopic (exact) mass is 396 g/mol. The minimum atomic E-state index is -3.68. The highest BCUT2D eigenvalue weighted by Crippen LogP contribution is 2.28. The van der Waals surface area contributed by atoms with E-state index in [0.717, 1.165) is 0 Å². The van der Waals surface area contributed by atoms with E-state index in [0.29, 0.717) is 18.5 Å². The first-order chi connectivity index (χ1) is 12.4. The highest BCUT2D eigenvalue weighted by Gasteiger charge is 2.33. The summed E-state index contributed by atoms with van der Waals surface area (Å²) in [7, 11) is -3.68. The third-order valence-corrected chi connectivity index (χ3v) is 6.79. The molecule has 0 spiro atoms. The van der Waals surface area contributed by atoms with E-state index in [2.05, 4.69) is 5.32 Å². The largest absolute Gasteiger partial charge is 0.326 e. The number of hydrogen-bond donors (Lipinski definition) is 1. The Balaban J connectivity index is 1.62. The third kappa shape index (κ3) is 4.06. The summed E-state index contributed by atoms with van der Waals surface area (Å²) in [6, 6.07) is 11.8. The molecule has 1 heterocycles. The van der Waals surface area contributed by atoms with Gasteiger partial charge in [-0.15, -0.1) is 0 Å². The highest BCUT2D eigenvalue weighted by atomic mass is 35.5. The van der Waals surface area contributed by atoms with Crippen LogP contribution in [0, 0.1) is 11.7 Å². The molecular weight excluding hydrogens is 379 g/mol. The van der Waals surface area contributed by atoms with Gasteiger partial charge in [-0.1, -0.05) is 23.7 Å². The van der Waals surface area contributed by atoms with Crippen LogP contribution in [0.4, 0.5) is 10.1 Å². The molecule has 8 heteroatoms. The van der Waals surface area contributed by atoms with E-state index in [-0.39, 0.29) is 40.6 Å². The molecule has 138 valence electrons. The Morgan fingerprint density at radius 3 is 2.31 bits per heavy atom. The summed E-state index contributed by atoms with van der Waals surface area (Å²) in [6.07, 6.45) is 0.827. The Bertz CT molecular complexity index is 895. The van der Waals surface area contributed by atoms with Crippen LogP contribution in [0.25, 0.3) is 0 Å². The lowest BCUT2D eigenvalue weighted by Crippen LogP contribution is -2.41. The van der Waals surface area contributed by atoms with Crippen molar-refractivity contribution >= 4 is 33.2 Å². The van der Waals surface area contributed by atoms with Gasteiger partial charge in [0.15, 0.2) is 0 Å². The lowest BCUT2D eigenvalue weighted by atomic mass is 9.97. The highest BCUT2D eigenvalue weighted by molar-refractivity contribution is 7.89. The molecule has 1 N–H and O–H groups in total. The van der Waals surface area contributed by atoms with Gasteiger partial charge in [0, 0.05) is 24.7 Å². The normalized spacial score (nSPS) is 16.4. The van der Waals surface area contributed by atoms with E-state index in [9.17, 15) is 17.6 Å². The maximum absolute atomic E-state index is 12.9. The summed E-state index contributed by atoms with van der Waals surface area (Å²) in [5, 5.41) is 2.92. The SMILES string of the molecule is O=C(Nc1ccc(F)cc1)C1CCN(S(=O)(=O)c2ccccc2Cl)CC1. The van der Waals surface area contributed by atoms with Crippen LogP contribution in [-0.2, 0) is 14.8 Å². The molecule has 0 bridgehead atoms. The minimum absolute atomic E-state index is 0.0795. The van der Waals surface area contributed by atoms with Crippen molar-refractivity contribution < 1.29 is 17.6 Å². The number of benzene rings is 2. The van der Waals surface area contributed by atoms with Crippen LogP contribution >= 0.6 is 11.6 Å². The molecule has 0 atom stereocenters. The van der Waals surface area contributed by atoms with Crippen molar-refractivity contribution in [2.45, 2.75) is 17.7 Å². The Kier molecular flexibility index (Phi) is 5.60. The zero-order valence-corrected chi connectivity index (χ0v) is 15.4. The topological polar surface area (TPSA) is 66.5 Å². The average Bonchev–Trinajstić information content (AvgIpc) is 2.64. The van der Waals surface area contributed by atoms with E-state index in [1.807, 2.05) is 0 Å². The fourth-order valence-corrected chi connectivity index (χ4v) is 4.89. The number of piperidine rings is 1. The Morgan fingerprint density at radius 1 is 1.08 bits per heavy atom. The summed E-state index contributed by atoms with van der Waals surface area (Å²) < 4.78 is 39.7. The predicted molar refractivity (Wildman–Crippen MR) is 98.0 cm³/mol. The maximum atomic E-state index is 12.9. The number of nitrogens with one attached hydrogen (secondary N) is 1. The van der Waals surface area contributed by atoms with Crippen LogP contribution in [0.15, 0.2) is 53.4 Å². The first-order valence-electron chi connectivity index (χ1n) is 8.19. The second-order valence-corrected chi connectivity index (χ2v) is 8.42. The molecule has 2 aromatic carbocycles. The molecule has 3 rings (SSSR count). The first-order valence-corrected chi connectivity index (χ1v) is 10.0. The third-order valence-electron chi connectivity index (χ3n) is 4.39. The van der Waals surface area contributed by atoms with Crippen LogP contribution in [0.2, 0.25) is 5.02 Å². The van der Waals surface area contributed by atoms with E-state index < -0.39 is 10.0 Å². The van der Waals surface area contributed by atoms with E-state index >= 15 is 0 Å². The minimum Gasteiger partial charge on any atom is -0.326 e. The summed E-state index contributed by atoms with van der Waals surface area (Å²) in [5.41, 5.74) is 0.516. The number of carbonyl (C=O) groups excluding carboxylic acids is 1. The van der Waals surface area contributed by atoms with Gasteiger partial charge in [-0.05, 0) is 49.2 Å². The molecule has 1 amide bonds. The van der Waals surface area contributed by atoms with Gasteiger partial charge < -0.3 is 5.32 Å². The van der Waals surface area contributed by atoms with Crippen molar-refractivity contribution in [3.05, 3.63) is 59.4 Å². The summed E-state index contributed by atoms with van der Waals surface area (Å²) >= 11 is 6.01.